The van der Waals surface area contributed by atoms with Crippen molar-refractivity contribution < 1.29 is 12.8 Å². The van der Waals surface area contributed by atoms with Crippen LogP contribution in [0, 0.1) is 12.7 Å². The first kappa shape index (κ1) is 14.5. The lowest BCUT2D eigenvalue weighted by atomic mass is 9.98. The minimum Gasteiger partial charge on any atom is -0.358 e. The minimum atomic E-state index is -3.79. The Labute approximate surface area is 127 Å². The highest BCUT2D eigenvalue weighted by molar-refractivity contribution is 7.90. The van der Waals surface area contributed by atoms with Gasteiger partial charge < -0.3 is 10.6 Å². The molecule has 1 heterocycles. The van der Waals surface area contributed by atoms with Gasteiger partial charge in [-0.1, -0.05) is 24.3 Å². The van der Waals surface area contributed by atoms with Gasteiger partial charge in [-0.05, 0) is 30.2 Å². The van der Waals surface area contributed by atoms with Gasteiger partial charge in [-0.25, -0.2) is 4.39 Å². The van der Waals surface area contributed by atoms with Crippen LogP contribution in [0.1, 0.15) is 5.56 Å². The number of fused-ring (bicyclic) bond motifs is 1. The SMILES string of the molecule is CNC1=NS(=O)(=O)c2cccc(-c3cccc(F)c3C)c2N1. The summed E-state index contributed by atoms with van der Waals surface area (Å²) in [4.78, 5) is 0.0765. The number of guanidine groups is 1. The molecule has 5 nitrogen and oxygen atoms in total. The molecule has 0 atom stereocenters. The molecule has 0 fully saturated rings. The number of benzene rings is 2. The van der Waals surface area contributed by atoms with E-state index < -0.39 is 10.0 Å². The highest BCUT2D eigenvalue weighted by Crippen LogP contribution is 2.38. The van der Waals surface area contributed by atoms with Crippen molar-refractivity contribution in [3.63, 3.8) is 0 Å². The fraction of sp³-hybridized carbons (Fsp3) is 0.133. The van der Waals surface area contributed by atoms with Gasteiger partial charge in [0.1, 0.15) is 10.7 Å². The Hall–Kier alpha value is -2.41. The van der Waals surface area contributed by atoms with Gasteiger partial charge in [0, 0.05) is 12.6 Å². The number of rotatable bonds is 1. The minimum absolute atomic E-state index is 0.0765. The maximum atomic E-state index is 13.8. The summed E-state index contributed by atoms with van der Waals surface area (Å²) in [5, 5.41) is 5.64. The van der Waals surface area contributed by atoms with Crippen LogP contribution in [0.2, 0.25) is 0 Å². The lowest BCUT2D eigenvalue weighted by Gasteiger charge is -2.21. The molecule has 0 unspecified atom stereocenters. The third-order valence-electron chi connectivity index (χ3n) is 3.55. The molecule has 2 aromatic carbocycles. The zero-order chi connectivity index (χ0) is 15.9. The fourth-order valence-corrected chi connectivity index (χ4v) is 3.56. The Morgan fingerprint density at radius 2 is 1.82 bits per heavy atom. The first-order valence-electron chi connectivity index (χ1n) is 6.62. The molecule has 0 spiro atoms. The number of para-hydroxylation sites is 1. The van der Waals surface area contributed by atoms with Crippen molar-refractivity contribution in [3.05, 3.63) is 47.8 Å². The van der Waals surface area contributed by atoms with Gasteiger partial charge in [-0.2, -0.15) is 8.42 Å². The predicted molar refractivity (Wildman–Crippen MR) is 83.9 cm³/mol. The van der Waals surface area contributed by atoms with Crippen molar-refractivity contribution >= 4 is 21.7 Å². The number of hydrogen-bond donors (Lipinski definition) is 2. The summed E-state index contributed by atoms with van der Waals surface area (Å²) in [6.45, 7) is 1.66. The zero-order valence-electron chi connectivity index (χ0n) is 12.0. The average Bonchev–Trinajstić information content (AvgIpc) is 2.49. The van der Waals surface area contributed by atoms with Crippen molar-refractivity contribution in [1.82, 2.24) is 5.32 Å². The second kappa shape index (κ2) is 5.10. The number of sulfonamides is 1. The Kier molecular flexibility index (Phi) is 3.37. The van der Waals surface area contributed by atoms with E-state index in [-0.39, 0.29) is 16.7 Å². The van der Waals surface area contributed by atoms with Gasteiger partial charge in [-0.3, -0.25) is 0 Å². The monoisotopic (exact) mass is 319 g/mol. The molecule has 3 rings (SSSR count). The first-order chi connectivity index (χ1) is 10.4. The number of anilines is 1. The van der Waals surface area contributed by atoms with Crippen LogP contribution >= 0.6 is 0 Å². The van der Waals surface area contributed by atoms with Crippen LogP contribution in [0.4, 0.5) is 10.1 Å². The Morgan fingerprint density at radius 1 is 1.14 bits per heavy atom. The standard InChI is InChI=1S/C15H14FN3O2S/c1-9-10(5-3-7-12(9)16)11-6-4-8-13-14(11)18-15(17-2)19-22(13,20)21/h3-8H,1-2H3,(H2,17,18,19). The predicted octanol–water partition coefficient (Wildman–Crippen LogP) is 2.49. The van der Waals surface area contributed by atoms with E-state index in [9.17, 15) is 12.8 Å². The summed E-state index contributed by atoms with van der Waals surface area (Å²) in [5.41, 5.74) is 2.11. The Morgan fingerprint density at radius 3 is 2.55 bits per heavy atom. The van der Waals surface area contributed by atoms with Crippen LogP contribution in [0.15, 0.2) is 45.7 Å². The molecule has 22 heavy (non-hydrogen) atoms. The van der Waals surface area contributed by atoms with Gasteiger partial charge in [0.15, 0.2) is 0 Å². The maximum absolute atomic E-state index is 13.8. The Bertz CT molecular complexity index is 892. The van der Waals surface area contributed by atoms with Crippen molar-refractivity contribution in [3.8, 4) is 11.1 Å². The molecule has 0 aromatic heterocycles. The van der Waals surface area contributed by atoms with Crippen molar-refractivity contribution in [2.75, 3.05) is 12.4 Å². The second-order valence-corrected chi connectivity index (χ2v) is 6.45. The van der Waals surface area contributed by atoms with Gasteiger partial charge in [0.25, 0.3) is 10.0 Å². The third kappa shape index (κ3) is 2.23. The number of nitrogens with zero attached hydrogens (tertiary/aromatic N) is 1. The van der Waals surface area contributed by atoms with Gasteiger partial charge in [0.2, 0.25) is 5.96 Å². The molecule has 0 amide bonds. The second-order valence-electron chi connectivity index (χ2n) is 4.88. The van der Waals surface area contributed by atoms with Gasteiger partial charge >= 0.3 is 0 Å². The van der Waals surface area contributed by atoms with Crippen LogP contribution in [-0.4, -0.2) is 21.4 Å². The maximum Gasteiger partial charge on any atom is 0.287 e. The van der Waals surface area contributed by atoms with E-state index in [1.807, 2.05) is 0 Å². The molecule has 2 aromatic rings. The number of hydrogen-bond acceptors (Lipinski definition) is 4. The summed E-state index contributed by atoms with van der Waals surface area (Å²) in [5.74, 6) is -0.203. The van der Waals surface area contributed by atoms with E-state index in [0.29, 0.717) is 22.4 Å². The summed E-state index contributed by atoms with van der Waals surface area (Å²) in [6.07, 6.45) is 0. The fourth-order valence-electron chi connectivity index (χ4n) is 2.42. The van der Waals surface area contributed by atoms with E-state index in [4.69, 9.17) is 0 Å². The van der Waals surface area contributed by atoms with Crippen LogP contribution in [0.3, 0.4) is 0 Å². The third-order valence-corrected chi connectivity index (χ3v) is 4.87. The molecule has 1 aliphatic heterocycles. The lowest BCUT2D eigenvalue weighted by molar-refractivity contribution is 0.597. The van der Waals surface area contributed by atoms with Crippen LogP contribution in [-0.2, 0) is 10.0 Å². The summed E-state index contributed by atoms with van der Waals surface area (Å²) >= 11 is 0. The van der Waals surface area contributed by atoms with Gasteiger partial charge in [-0.15, -0.1) is 4.40 Å². The van der Waals surface area contributed by atoms with Crippen molar-refractivity contribution in [2.24, 2.45) is 4.40 Å². The van der Waals surface area contributed by atoms with E-state index >= 15 is 0 Å². The summed E-state index contributed by atoms with van der Waals surface area (Å²) in [7, 11) is -2.22. The Balaban J connectivity index is 2.29. The largest absolute Gasteiger partial charge is 0.358 e. The smallest absolute Gasteiger partial charge is 0.287 e. The molecule has 0 aliphatic carbocycles. The summed E-state index contributed by atoms with van der Waals surface area (Å²) in [6, 6.07) is 9.58. The highest BCUT2D eigenvalue weighted by atomic mass is 32.2. The normalized spacial score (nSPS) is 15.5. The summed E-state index contributed by atoms with van der Waals surface area (Å²) < 4.78 is 41.9. The topological polar surface area (TPSA) is 70.6 Å². The molecule has 1 aliphatic rings. The molecular weight excluding hydrogens is 305 g/mol. The molecule has 0 saturated heterocycles. The molecule has 2 N–H and O–H groups in total. The molecule has 0 radical (unpaired) electrons. The average molecular weight is 319 g/mol. The van der Waals surface area contributed by atoms with Crippen molar-refractivity contribution in [1.29, 1.82) is 0 Å². The molecule has 0 bridgehead atoms. The van der Waals surface area contributed by atoms with E-state index in [2.05, 4.69) is 15.0 Å². The first-order valence-corrected chi connectivity index (χ1v) is 8.06. The number of nitrogens with one attached hydrogen (secondary N) is 2. The quantitative estimate of drug-likeness (QED) is 0.847. The zero-order valence-corrected chi connectivity index (χ0v) is 12.8. The van der Waals surface area contributed by atoms with Crippen LogP contribution in [0.5, 0.6) is 0 Å². The molecular formula is C15H14FN3O2S. The van der Waals surface area contributed by atoms with E-state index in [1.165, 1.54) is 12.1 Å². The van der Waals surface area contributed by atoms with Crippen LogP contribution < -0.4 is 10.6 Å². The highest BCUT2D eigenvalue weighted by Gasteiger charge is 2.27. The molecule has 114 valence electrons. The van der Waals surface area contributed by atoms with Crippen LogP contribution in [0.25, 0.3) is 11.1 Å². The number of halogens is 1. The van der Waals surface area contributed by atoms with Gasteiger partial charge in [0.05, 0.1) is 5.69 Å². The lowest BCUT2D eigenvalue weighted by Crippen LogP contribution is -2.32. The van der Waals surface area contributed by atoms with E-state index in [0.717, 1.165) is 0 Å². The van der Waals surface area contributed by atoms with Crippen molar-refractivity contribution in [2.45, 2.75) is 11.8 Å². The molecule has 7 heteroatoms. The van der Waals surface area contributed by atoms with E-state index in [1.54, 1.807) is 38.2 Å². The molecule has 0 saturated carbocycles.